The van der Waals surface area contributed by atoms with Gasteiger partial charge in [-0.2, -0.15) is 0 Å². The summed E-state index contributed by atoms with van der Waals surface area (Å²) in [5, 5.41) is 13.5. The van der Waals surface area contributed by atoms with Crippen LogP contribution in [0.25, 0.3) is 0 Å². The van der Waals surface area contributed by atoms with E-state index >= 15 is 0 Å². The molecule has 1 aromatic rings. The van der Waals surface area contributed by atoms with Gasteiger partial charge >= 0.3 is 23.7 Å². The maximum Gasteiger partial charge on any atom is 0.406 e. The fraction of sp³-hybridized carbons (Fsp3) is 0.562. The molecular weight excluding hydrogens is 408 g/mol. The van der Waals surface area contributed by atoms with Crippen molar-refractivity contribution in [2.75, 3.05) is 11.9 Å². The highest BCUT2D eigenvalue weighted by atomic mass is 16.7. The van der Waals surface area contributed by atoms with Gasteiger partial charge in [-0.1, -0.05) is 0 Å². The predicted molar refractivity (Wildman–Crippen MR) is 94.8 cm³/mol. The molecule has 1 fully saturated rings. The Morgan fingerprint density at radius 1 is 1.13 bits per heavy atom. The van der Waals surface area contributed by atoms with Crippen LogP contribution in [0.4, 0.5) is 11.6 Å². The first-order valence-electron chi connectivity index (χ1n) is 8.63. The van der Waals surface area contributed by atoms with Crippen molar-refractivity contribution in [2.45, 2.75) is 52.2 Å². The van der Waals surface area contributed by atoms with Crippen molar-refractivity contribution in [2.24, 2.45) is 0 Å². The van der Waals surface area contributed by atoms with Crippen molar-refractivity contribution >= 4 is 35.5 Å². The minimum Gasteiger partial charge on any atom is -0.463 e. The van der Waals surface area contributed by atoms with E-state index in [4.69, 9.17) is 18.9 Å². The molecule has 0 saturated carbocycles. The van der Waals surface area contributed by atoms with Crippen LogP contribution >= 0.6 is 0 Å². The molecule has 14 heteroatoms. The van der Waals surface area contributed by atoms with E-state index in [1.165, 1.54) is 0 Å². The fourth-order valence-electron chi connectivity index (χ4n) is 2.88. The number of ether oxygens (including phenoxy) is 4. The lowest BCUT2D eigenvalue weighted by Gasteiger charge is -2.23. The topological polar surface area (TPSA) is 178 Å². The van der Waals surface area contributed by atoms with Crippen molar-refractivity contribution in [1.82, 2.24) is 9.55 Å². The zero-order valence-electron chi connectivity index (χ0n) is 16.5. The van der Waals surface area contributed by atoms with Gasteiger partial charge in [-0.05, 0) is 9.91 Å². The minimum atomic E-state index is -1.29. The maximum absolute atomic E-state index is 11.7. The van der Waals surface area contributed by atoms with Crippen LogP contribution in [-0.4, -0.2) is 63.2 Å². The zero-order chi connectivity index (χ0) is 22.6. The molecule has 0 bridgehead atoms. The molecule has 30 heavy (non-hydrogen) atoms. The first kappa shape index (κ1) is 22.7. The average molecular weight is 428 g/mol. The van der Waals surface area contributed by atoms with Crippen LogP contribution in [-0.2, 0) is 38.1 Å². The molecule has 1 amide bonds. The third-order valence-corrected chi connectivity index (χ3v) is 3.86. The number of anilines is 1. The van der Waals surface area contributed by atoms with Crippen LogP contribution in [0, 0.1) is 10.1 Å². The second-order valence-electron chi connectivity index (χ2n) is 6.28. The van der Waals surface area contributed by atoms with E-state index in [-0.39, 0.29) is 12.4 Å². The Bertz CT molecular complexity index is 866. The number of amides is 1. The number of nitrogens with one attached hydrogen (secondary N) is 1. The zero-order valence-corrected chi connectivity index (χ0v) is 16.5. The summed E-state index contributed by atoms with van der Waals surface area (Å²) < 4.78 is 22.2. The Labute approximate surface area is 169 Å². The van der Waals surface area contributed by atoms with Crippen LogP contribution in [0.15, 0.2) is 6.33 Å². The van der Waals surface area contributed by atoms with Gasteiger partial charge in [-0.3, -0.25) is 23.7 Å². The van der Waals surface area contributed by atoms with Crippen LogP contribution in [0.2, 0.25) is 0 Å². The number of imidazole rings is 1. The Morgan fingerprint density at radius 2 is 1.73 bits per heavy atom. The summed E-state index contributed by atoms with van der Waals surface area (Å²) in [5.41, 5.74) is 0. The summed E-state index contributed by atoms with van der Waals surface area (Å²) in [6.07, 6.45) is -3.85. The number of nitrogens with zero attached hydrogens (tertiary/aromatic N) is 3. The highest BCUT2D eigenvalue weighted by molar-refractivity contribution is 5.89. The molecular formula is C16H20N4O10. The number of aromatic nitrogens is 2. The molecule has 0 aromatic carbocycles. The van der Waals surface area contributed by atoms with Crippen LogP contribution in [0.3, 0.4) is 0 Å². The van der Waals surface area contributed by atoms with Crippen molar-refractivity contribution in [1.29, 1.82) is 0 Å². The van der Waals surface area contributed by atoms with Crippen molar-refractivity contribution < 1.29 is 43.0 Å². The van der Waals surface area contributed by atoms with Gasteiger partial charge in [-0.15, -0.1) is 0 Å². The molecule has 1 aliphatic rings. The largest absolute Gasteiger partial charge is 0.463 e. The van der Waals surface area contributed by atoms with E-state index < -0.39 is 59.1 Å². The fourth-order valence-corrected chi connectivity index (χ4v) is 2.88. The monoisotopic (exact) mass is 428 g/mol. The number of carbonyl (C=O) groups excluding carboxylic acids is 4. The SMILES string of the molecule is CC(=O)Nc1c([N+](=O)[O-])ncn1[C@@H]1O[C@@H](COC(C)=O)[C@@H](OC(C)=O)[C@@H]1OC(C)=O. The normalized spacial score (nSPS) is 22.8. The summed E-state index contributed by atoms with van der Waals surface area (Å²) in [4.78, 5) is 60.0. The van der Waals surface area contributed by atoms with Gasteiger partial charge in [0.1, 0.15) is 12.7 Å². The van der Waals surface area contributed by atoms with E-state index in [2.05, 4.69) is 10.3 Å². The van der Waals surface area contributed by atoms with E-state index in [1.54, 1.807) is 0 Å². The first-order chi connectivity index (χ1) is 14.0. The van der Waals surface area contributed by atoms with Gasteiger partial charge in [0.25, 0.3) is 0 Å². The summed E-state index contributed by atoms with van der Waals surface area (Å²) in [6, 6.07) is 0. The van der Waals surface area contributed by atoms with Crippen molar-refractivity contribution in [3.63, 3.8) is 0 Å². The van der Waals surface area contributed by atoms with Crippen LogP contribution < -0.4 is 5.32 Å². The van der Waals surface area contributed by atoms with Gasteiger partial charge in [0.2, 0.25) is 18.1 Å². The molecule has 0 aliphatic carbocycles. The molecule has 1 aromatic heterocycles. The molecule has 0 radical (unpaired) electrons. The molecule has 0 spiro atoms. The van der Waals surface area contributed by atoms with Gasteiger partial charge in [0, 0.05) is 27.7 Å². The number of hydrogen-bond donors (Lipinski definition) is 1. The Balaban J connectivity index is 2.51. The molecule has 4 atom stereocenters. The molecule has 1 saturated heterocycles. The molecule has 2 rings (SSSR count). The van der Waals surface area contributed by atoms with E-state index in [0.29, 0.717) is 0 Å². The summed E-state index contributed by atoms with van der Waals surface area (Å²) in [6.45, 7) is 4.16. The number of esters is 3. The second-order valence-corrected chi connectivity index (χ2v) is 6.28. The summed E-state index contributed by atoms with van der Waals surface area (Å²) in [7, 11) is 0. The van der Waals surface area contributed by atoms with Crippen LogP contribution in [0.5, 0.6) is 0 Å². The predicted octanol–water partition coefficient (Wildman–Crippen LogP) is 0.0736. The average Bonchev–Trinajstić information content (AvgIpc) is 3.14. The third-order valence-electron chi connectivity index (χ3n) is 3.86. The first-order valence-corrected chi connectivity index (χ1v) is 8.63. The summed E-state index contributed by atoms with van der Waals surface area (Å²) in [5.74, 6) is -3.76. The van der Waals surface area contributed by atoms with Gasteiger partial charge in [-0.25, -0.2) is 0 Å². The smallest absolute Gasteiger partial charge is 0.406 e. The highest BCUT2D eigenvalue weighted by Crippen LogP contribution is 2.38. The Kier molecular flexibility index (Phi) is 7.05. The molecule has 0 unspecified atom stereocenters. The number of nitro groups is 1. The molecule has 1 aliphatic heterocycles. The standard InChI is InChI=1S/C16H20N4O10/c1-7(21)18-15-14(20(25)26)17-6-19(15)16-13(29-10(4)24)12(28-9(3)23)11(30-16)5-27-8(2)22/h6,11-13,16H,5H2,1-4H3,(H,18,21)/t11-,12+,13-,16+/m0/s1. The number of hydrogen-bond acceptors (Lipinski definition) is 11. The van der Waals surface area contributed by atoms with E-state index in [9.17, 15) is 29.3 Å². The third kappa shape index (κ3) is 5.28. The van der Waals surface area contributed by atoms with Gasteiger partial charge in [0.05, 0.1) is 0 Å². The van der Waals surface area contributed by atoms with E-state index in [1.807, 2.05) is 0 Å². The summed E-state index contributed by atoms with van der Waals surface area (Å²) >= 11 is 0. The van der Waals surface area contributed by atoms with E-state index in [0.717, 1.165) is 38.6 Å². The molecule has 1 N–H and O–H groups in total. The van der Waals surface area contributed by atoms with Gasteiger partial charge in [0.15, 0.2) is 18.4 Å². The lowest BCUT2D eigenvalue weighted by atomic mass is 10.1. The lowest BCUT2D eigenvalue weighted by molar-refractivity contribution is -0.388. The molecule has 14 nitrogen and oxygen atoms in total. The number of rotatable bonds is 7. The van der Waals surface area contributed by atoms with Crippen LogP contribution in [0.1, 0.15) is 33.9 Å². The Hall–Kier alpha value is -3.55. The maximum atomic E-state index is 11.7. The highest BCUT2D eigenvalue weighted by Gasteiger charge is 2.52. The van der Waals surface area contributed by atoms with Gasteiger partial charge < -0.3 is 34.4 Å². The second kappa shape index (κ2) is 9.30. The minimum absolute atomic E-state index is 0.329. The molecule has 2 heterocycles. The van der Waals surface area contributed by atoms with Crippen molar-refractivity contribution in [3.05, 3.63) is 16.4 Å². The number of carbonyl (C=O) groups is 4. The quantitative estimate of drug-likeness (QED) is 0.269. The lowest BCUT2D eigenvalue weighted by Crippen LogP contribution is -2.40. The Morgan fingerprint density at radius 3 is 2.23 bits per heavy atom. The molecule has 164 valence electrons. The van der Waals surface area contributed by atoms with Crippen molar-refractivity contribution in [3.8, 4) is 0 Å².